The lowest BCUT2D eigenvalue weighted by molar-refractivity contribution is 1.08. The van der Waals surface area contributed by atoms with Crippen molar-refractivity contribution in [3.63, 3.8) is 0 Å². The summed E-state index contributed by atoms with van der Waals surface area (Å²) in [5.41, 5.74) is 4.14. The van der Waals surface area contributed by atoms with Gasteiger partial charge in [0.2, 0.25) is 0 Å². The monoisotopic (exact) mass is 364 g/mol. The maximum Gasteiger partial charge on any atom is 0.0655 e. The maximum absolute atomic E-state index is 4.85. The summed E-state index contributed by atoms with van der Waals surface area (Å²) >= 11 is 3.47. The lowest BCUT2D eigenvalue weighted by Crippen LogP contribution is -2.12. The molecule has 3 heteroatoms. The zero-order valence-corrected chi connectivity index (χ0v) is 14.4. The maximum atomic E-state index is 4.85. The third-order valence-electron chi connectivity index (χ3n) is 3.51. The molecule has 114 valence electrons. The summed E-state index contributed by atoms with van der Waals surface area (Å²) in [6.07, 6.45) is 0. The van der Waals surface area contributed by atoms with Crippen molar-refractivity contribution >= 4 is 33.0 Å². The Morgan fingerprint density at radius 2 is 1.22 bits per heavy atom. The van der Waals surface area contributed by atoms with Gasteiger partial charge >= 0.3 is 0 Å². The molecule has 0 spiro atoms. The van der Waals surface area contributed by atoms with Crippen molar-refractivity contribution in [1.82, 2.24) is 0 Å². The molecule has 0 atom stereocenters. The Bertz CT molecular complexity index is 741. The fraction of sp³-hybridized carbons (Fsp3) is 0.0500. The molecule has 0 saturated carbocycles. The van der Waals surface area contributed by atoms with Gasteiger partial charge < -0.3 is 0 Å². The van der Waals surface area contributed by atoms with E-state index in [0.717, 1.165) is 27.1 Å². The van der Waals surface area contributed by atoms with Crippen LogP contribution in [0.25, 0.3) is 0 Å². The van der Waals surface area contributed by atoms with E-state index < -0.39 is 0 Å². The van der Waals surface area contributed by atoms with Crippen molar-refractivity contribution < 1.29 is 0 Å². The van der Waals surface area contributed by atoms with Gasteiger partial charge in [0.15, 0.2) is 0 Å². The summed E-state index contributed by atoms with van der Waals surface area (Å²) in [6.45, 7) is 2.03. The van der Waals surface area contributed by atoms with E-state index in [9.17, 15) is 0 Å². The highest BCUT2D eigenvalue weighted by atomic mass is 79.9. The number of nitrogens with zero attached hydrogens (tertiary/aromatic N) is 2. The number of rotatable bonds is 4. The van der Waals surface area contributed by atoms with Crippen LogP contribution in [0, 0.1) is 0 Å². The molecule has 0 bridgehead atoms. The van der Waals surface area contributed by atoms with E-state index in [1.807, 2.05) is 60.5 Å². The minimum absolute atomic E-state index is 0.963. The number of hydrazone groups is 1. The Kier molecular flexibility index (Phi) is 4.89. The number of benzene rings is 3. The third-order valence-corrected chi connectivity index (χ3v) is 4.04. The van der Waals surface area contributed by atoms with Gasteiger partial charge in [-0.05, 0) is 48.9 Å². The minimum atomic E-state index is 0.963. The first kappa shape index (κ1) is 15.5. The van der Waals surface area contributed by atoms with Crippen molar-refractivity contribution in [2.75, 3.05) is 5.01 Å². The van der Waals surface area contributed by atoms with Crippen molar-refractivity contribution in [3.8, 4) is 0 Å². The molecule has 0 aliphatic carbocycles. The van der Waals surface area contributed by atoms with Crippen LogP contribution < -0.4 is 5.01 Å². The van der Waals surface area contributed by atoms with Crippen LogP contribution in [0.15, 0.2) is 94.5 Å². The van der Waals surface area contributed by atoms with Gasteiger partial charge in [-0.2, -0.15) is 5.10 Å². The molecule has 0 amide bonds. The average molecular weight is 365 g/mol. The summed E-state index contributed by atoms with van der Waals surface area (Å²) < 4.78 is 1.07. The zero-order chi connectivity index (χ0) is 16.1. The zero-order valence-electron chi connectivity index (χ0n) is 12.9. The standard InChI is InChI=1S/C20H17BrN2/c1-16(17-12-14-18(21)15-13-17)22-23(19-8-4-2-5-9-19)20-10-6-3-7-11-20/h2-15H,1H3. The second-order valence-corrected chi connectivity index (χ2v) is 6.09. The highest BCUT2D eigenvalue weighted by Crippen LogP contribution is 2.26. The molecule has 2 nitrogen and oxygen atoms in total. The van der Waals surface area contributed by atoms with Crippen LogP contribution in [-0.4, -0.2) is 5.71 Å². The van der Waals surface area contributed by atoms with Crippen LogP contribution >= 0.6 is 15.9 Å². The largest absolute Gasteiger partial charge is 0.234 e. The van der Waals surface area contributed by atoms with E-state index in [1.165, 1.54) is 0 Å². The quantitative estimate of drug-likeness (QED) is 0.408. The number of para-hydroxylation sites is 2. The molecule has 0 radical (unpaired) electrons. The summed E-state index contributed by atoms with van der Waals surface area (Å²) in [5.74, 6) is 0. The smallest absolute Gasteiger partial charge is 0.0655 e. The average Bonchev–Trinajstić information content (AvgIpc) is 2.61. The molecule has 0 aromatic heterocycles. The van der Waals surface area contributed by atoms with Crippen LogP contribution in [0.4, 0.5) is 11.4 Å². The molecule has 3 rings (SSSR count). The van der Waals surface area contributed by atoms with Gasteiger partial charge in [0, 0.05) is 4.47 Å². The Morgan fingerprint density at radius 1 is 0.739 bits per heavy atom. The lowest BCUT2D eigenvalue weighted by Gasteiger charge is -2.20. The topological polar surface area (TPSA) is 15.6 Å². The summed E-state index contributed by atoms with van der Waals surface area (Å²) in [4.78, 5) is 0. The van der Waals surface area contributed by atoms with Crippen molar-refractivity contribution in [3.05, 3.63) is 95.0 Å². The summed E-state index contributed by atoms with van der Waals surface area (Å²) in [6, 6.07) is 28.6. The first-order valence-corrected chi connectivity index (χ1v) is 8.25. The second kappa shape index (κ2) is 7.25. The Morgan fingerprint density at radius 3 is 1.70 bits per heavy atom. The fourth-order valence-corrected chi connectivity index (χ4v) is 2.57. The van der Waals surface area contributed by atoms with Crippen LogP contribution in [0.1, 0.15) is 12.5 Å². The predicted molar refractivity (Wildman–Crippen MR) is 101 cm³/mol. The van der Waals surface area contributed by atoms with E-state index in [0.29, 0.717) is 0 Å². The van der Waals surface area contributed by atoms with E-state index in [2.05, 4.69) is 52.3 Å². The normalized spacial score (nSPS) is 11.3. The summed E-state index contributed by atoms with van der Waals surface area (Å²) in [7, 11) is 0. The van der Waals surface area contributed by atoms with Gasteiger partial charge in [-0.3, -0.25) is 0 Å². The van der Waals surface area contributed by atoms with Gasteiger partial charge in [0.05, 0.1) is 17.1 Å². The van der Waals surface area contributed by atoms with Crippen LogP contribution in [0.5, 0.6) is 0 Å². The molecule has 3 aromatic carbocycles. The molecule has 23 heavy (non-hydrogen) atoms. The molecular weight excluding hydrogens is 348 g/mol. The number of hydrogen-bond donors (Lipinski definition) is 0. The second-order valence-electron chi connectivity index (χ2n) is 5.18. The van der Waals surface area contributed by atoms with Crippen molar-refractivity contribution in [2.24, 2.45) is 5.10 Å². The highest BCUT2D eigenvalue weighted by Gasteiger charge is 2.08. The number of halogens is 1. The molecule has 0 saturated heterocycles. The third kappa shape index (κ3) is 3.88. The molecule has 0 unspecified atom stereocenters. The van der Waals surface area contributed by atoms with Crippen molar-refractivity contribution in [1.29, 1.82) is 0 Å². The van der Waals surface area contributed by atoms with E-state index in [4.69, 9.17) is 5.10 Å². The van der Waals surface area contributed by atoms with Gasteiger partial charge in [-0.15, -0.1) is 0 Å². The number of anilines is 2. The summed E-state index contributed by atoms with van der Waals surface area (Å²) in [5, 5.41) is 6.82. The Hall–Kier alpha value is -2.39. The molecule has 0 aliphatic heterocycles. The van der Waals surface area contributed by atoms with Gasteiger partial charge in [0.1, 0.15) is 0 Å². The van der Waals surface area contributed by atoms with E-state index in [-0.39, 0.29) is 0 Å². The predicted octanol–water partition coefficient (Wildman–Crippen LogP) is 6.01. The fourth-order valence-electron chi connectivity index (χ4n) is 2.30. The Balaban J connectivity index is 2.02. The first-order valence-electron chi connectivity index (χ1n) is 7.45. The highest BCUT2D eigenvalue weighted by molar-refractivity contribution is 9.10. The van der Waals surface area contributed by atoms with Crippen molar-refractivity contribution in [2.45, 2.75) is 6.92 Å². The minimum Gasteiger partial charge on any atom is -0.234 e. The van der Waals surface area contributed by atoms with Gasteiger partial charge in [0.25, 0.3) is 0 Å². The Labute approximate surface area is 145 Å². The number of hydrogen-bond acceptors (Lipinski definition) is 2. The molecule has 0 N–H and O–H groups in total. The molecule has 3 aromatic rings. The van der Waals surface area contributed by atoms with Crippen LogP contribution in [-0.2, 0) is 0 Å². The van der Waals surface area contributed by atoms with Crippen LogP contribution in [0.2, 0.25) is 0 Å². The lowest BCUT2D eigenvalue weighted by atomic mass is 10.1. The van der Waals surface area contributed by atoms with Crippen LogP contribution in [0.3, 0.4) is 0 Å². The van der Waals surface area contributed by atoms with Gasteiger partial charge in [-0.25, -0.2) is 5.01 Å². The van der Waals surface area contributed by atoms with Gasteiger partial charge in [-0.1, -0.05) is 64.5 Å². The first-order chi connectivity index (χ1) is 11.2. The molecular formula is C20H17BrN2. The SMILES string of the molecule is CC(=NN(c1ccccc1)c1ccccc1)c1ccc(Br)cc1. The van der Waals surface area contributed by atoms with E-state index >= 15 is 0 Å². The molecule has 0 aliphatic rings. The van der Waals surface area contributed by atoms with E-state index in [1.54, 1.807) is 0 Å². The molecule has 0 fully saturated rings. The molecule has 0 heterocycles.